The smallest absolute Gasteiger partial charge is 0.272 e. The number of carbonyl (C=O) groups excluding carboxylic acids is 1. The summed E-state index contributed by atoms with van der Waals surface area (Å²) in [6.45, 7) is 16.0. The van der Waals surface area contributed by atoms with Crippen LogP contribution in [0.15, 0.2) is 23.1 Å². The zero-order valence-corrected chi connectivity index (χ0v) is 22.5. The van der Waals surface area contributed by atoms with Crippen molar-refractivity contribution < 1.29 is 22.9 Å². The van der Waals surface area contributed by atoms with Crippen LogP contribution in [0.1, 0.15) is 77.9 Å². The van der Waals surface area contributed by atoms with Crippen LogP contribution in [0.5, 0.6) is 11.6 Å². The normalized spacial score (nSPS) is 13.4. The van der Waals surface area contributed by atoms with Crippen molar-refractivity contribution in [3.05, 3.63) is 39.6 Å². The Morgan fingerprint density at radius 3 is 2.31 bits per heavy atom. The van der Waals surface area contributed by atoms with Crippen LogP contribution in [0, 0.1) is 17.0 Å². The van der Waals surface area contributed by atoms with E-state index in [9.17, 15) is 23.3 Å². The highest BCUT2D eigenvalue weighted by atomic mass is 32.2. The Kier molecular flexibility index (Phi) is 8.02. The number of nitro groups is 1. The Hall–Kier alpha value is -2.99. The number of nitrogens with zero attached hydrogens (tertiary/aromatic N) is 3. The van der Waals surface area contributed by atoms with E-state index in [0.717, 1.165) is 18.6 Å². The van der Waals surface area contributed by atoms with Gasteiger partial charge in [0.25, 0.3) is 11.6 Å². The third-order valence-electron chi connectivity index (χ3n) is 4.98. The van der Waals surface area contributed by atoms with Gasteiger partial charge < -0.3 is 10.1 Å². The van der Waals surface area contributed by atoms with Crippen LogP contribution in [0.25, 0.3) is 0 Å². The van der Waals surface area contributed by atoms with Gasteiger partial charge in [-0.3, -0.25) is 14.9 Å². The van der Waals surface area contributed by atoms with Crippen molar-refractivity contribution in [3.63, 3.8) is 0 Å². The lowest BCUT2D eigenvalue weighted by atomic mass is 10.1. The highest BCUT2D eigenvalue weighted by Crippen LogP contribution is 2.37. The van der Waals surface area contributed by atoms with E-state index < -0.39 is 36.6 Å². The summed E-state index contributed by atoms with van der Waals surface area (Å²) in [5, 5.41) is 18.7. The number of nitro benzene ring substituents is 1. The van der Waals surface area contributed by atoms with Gasteiger partial charge in [0.15, 0.2) is 5.69 Å². The molecule has 0 radical (unpaired) electrons. The fourth-order valence-corrected chi connectivity index (χ4v) is 4.70. The van der Waals surface area contributed by atoms with Crippen molar-refractivity contribution >= 4 is 21.6 Å². The summed E-state index contributed by atoms with van der Waals surface area (Å²) < 4.78 is 36.4. The maximum atomic E-state index is 13.2. The van der Waals surface area contributed by atoms with Crippen molar-refractivity contribution in [3.8, 4) is 11.6 Å². The number of rotatable bonds is 8. The molecule has 11 nitrogen and oxygen atoms in total. The van der Waals surface area contributed by atoms with E-state index in [0.29, 0.717) is 5.56 Å². The maximum Gasteiger partial charge on any atom is 0.272 e. The first-order valence-corrected chi connectivity index (χ1v) is 12.8. The molecule has 0 spiro atoms. The van der Waals surface area contributed by atoms with Crippen molar-refractivity contribution in [2.45, 2.75) is 90.7 Å². The Morgan fingerprint density at radius 1 is 1.23 bits per heavy atom. The monoisotopic (exact) mass is 509 g/mol. The van der Waals surface area contributed by atoms with Gasteiger partial charge in [-0.1, -0.05) is 6.92 Å². The second-order valence-corrected chi connectivity index (χ2v) is 12.1. The standard InChI is InChI=1S/C23H35N5O6S/c1-10-14(2)24-20(29)19-15(3)21(27(25-19)23(7,8)9)34-17-12-11-16(28(30)31)13-18(17)35(32,33)26-22(4,5)6/h11-14,26H,10H2,1-9H3,(H,24,29)/t14-/m1/s1. The molecule has 35 heavy (non-hydrogen) atoms. The molecule has 0 bridgehead atoms. The summed E-state index contributed by atoms with van der Waals surface area (Å²) in [5.41, 5.74) is -1.31. The molecule has 0 aliphatic rings. The molecule has 1 amide bonds. The molecule has 0 aliphatic carbocycles. The number of benzene rings is 1. The minimum Gasteiger partial charge on any atom is -0.438 e. The minimum atomic E-state index is -4.20. The molecule has 12 heteroatoms. The van der Waals surface area contributed by atoms with Crippen LogP contribution in [-0.2, 0) is 15.6 Å². The van der Waals surface area contributed by atoms with E-state index in [4.69, 9.17) is 4.74 Å². The van der Waals surface area contributed by atoms with E-state index in [-0.39, 0.29) is 29.3 Å². The second-order valence-electron chi connectivity index (χ2n) is 10.5. The minimum absolute atomic E-state index is 0.0686. The number of non-ortho nitro benzene ring substituents is 1. The molecule has 0 aliphatic heterocycles. The van der Waals surface area contributed by atoms with Crippen LogP contribution < -0.4 is 14.8 Å². The first-order valence-electron chi connectivity index (χ1n) is 11.3. The zero-order valence-electron chi connectivity index (χ0n) is 21.7. The third kappa shape index (κ3) is 6.79. The molecule has 0 saturated heterocycles. The number of amides is 1. The summed E-state index contributed by atoms with van der Waals surface area (Å²) in [6.07, 6.45) is 0.735. The predicted molar refractivity (Wildman–Crippen MR) is 132 cm³/mol. The zero-order chi connectivity index (χ0) is 26.9. The Morgan fingerprint density at radius 2 is 1.83 bits per heavy atom. The van der Waals surface area contributed by atoms with Gasteiger partial charge in [0.05, 0.1) is 10.5 Å². The van der Waals surface area contributed by atoms with Gasteiger partial charge in [-0.15, -0.1) is 0 Å². The number of aromatic nitrogens is 2. The molecule has 194 valence electrons. The van der Waals surface area contributed by atoms with E-state index in [1.165, 1.54) is 10.7 Å². The first-order chi connectivity index (χ1) is 15.9. The molecule has 1 aromatic heterocycles. The fourth-order valence-electron chi connectivity index (χ4n) is 3.13. The number of nitrogens with one attached hydrogen (secondary N) is 2. The lowest BCUT2D eigenvalue weighted by molar-refractivity contribution is -0.385. The number of hydrogen-bond acceptors (Lipinski definition) is 7. The third-order valence-corrected chi connectivity index (χ3v) is 6.76. The predicted octanol–water partition coefficient (Wildman–Crippen LogP) is 4.25. The number of carbonyl (C=O) groups is 1. The quantitative estimate of drug-likeness (QED) is 0.399. The molecular weight excluding hydrogens is 474 g/mol. The second kappa shape index (κ2) is 9.94. The van der Waals surface area contributed by atoms with E-state index in [1.807, 2.05) is 34.6 Å². The first kappa shape index (κ1) is 28.2. The van der Waals surface area contributed by atoms with Crippen molar-refractivity contribution in [2.24, 2.45) is 0 Å². The van der Waals surface area contributed by atoms with Gasteiger partial charge in [-0.05, 0) is 67.9 Å². The molecule has 0 saturated carbocycles. The Bertz CT molecular complexity index is 1220. The molecule has 2 rings (SSSR count). The molecule has 2 aromatic rings. The maximum absolute atomic E-state index is 13.2. The Balaban J connectivity index is 2.70. The van der Waals surface area contributed by atoms with Gasteiger partial charge >= 0.3 is 0 Å². The van der Waals surface area contributed by atoms with Crippen LogP contribution in [0.3, 0.4) is 0 Å². The lowest BCUT2D eigenvalue weighted by Crippen LogP contribution is -2.40. The highest BCUT2D eigenvalue weighted by molar-refractivity contribution is 7.89. The van der Waals surface area contributed by atoms with Gasteiger partial charge in [0, 0.05) is 29.3 Å². The van der Waals surface area contributed by atoms with E-state index >= 15 is 0 Å². The number of hydrogen-bond donors (Lipinski definition) is 2. The van der Waals surface area contributed by atoms with Gasteiger partial charge in [-0.2, -0.15) is 5.10 Å². The fraction of sp³-hybridized carbons (Fsp3) is 0.565. The van der Waals surface area contributed by atoms with Crippen LogP contribution in [0.2, 0.25) is 0 Å². The van der Waals surface area contributed by atoms with E-state index in [2.05, 4.69) is 15.1 Å². The highest BCUT2D eigenvalue weighted by Gasteiger charge is 2.32. The van der Waals surface area contributed by atoms with Crippen LogP contribution in [0.4, 0.5) is 5.69 Å². The Labute approximate surface area is 206 Å². The summed E-state index contributed by atoms with van der Waals surface area (Å²) in [4.78, 5) is 23.1. The lowest BCUT2D eigenvalue weighted by Gasteiger charge is -2.24. The average Bonchev–Trinajstić information content (AvgIpc) is 3.02. The van der Waals surface area contributed by atoms with Crippen LogP contribution in [-0.4, -0.2) is 40.6 Å². The van der Waals surface area contributed by atoms with Gasteiger partial charge in [0.2, 0.25) is 15.9 Å². The van der Waals surface area contributed by atoms with Crippen molar-refractivity contribution in [1.29, 1.82) is 0 Å². The molecular formula is C23H35N5O6S. The summed E-state index contributed by atoms with van der Waals surface area (Å²) in [5.74, 6) is -0.349. The summed E-state index contributed by atoms with van der Waals surface area (Å²) in [7, 11) is -4.20. The largest absolute Gasteiger partial charge is 0.438 e. The molecule has 2 N–H and O–H groups in total. The topological polar surface area (TPSA) is 145 Å². The average molecular weight is 510 g/mol. The van der Waals surface area contributed by atoms with Crippen molar-refractivity contribution in [1.82, 2.24) is 19.8 Å². The summed E-state index contributed by atoms with van der Waals surface area (Å²) >= 11 is 0. The molecule has 0 fully saturated rings. The van der Waals surface area contributed by atoms with Gasteiger partial charge in [-0.25, -0.2) is 17.8 Å². The molecule has 1 atom stereocenters. The number of ether oxygens (including phenoxy) is 1. The van der Waals surface area contributed by atoms with E-state index in [1.54, 1.807) is 27.7 Å². The van der Waals surface area contributed by atoms with Crippen molar-refractivity contribution in [2.75, 3.05) is 0 Å². The molecule has 1 aromatic carbocycles. The molecule has 0 unspecified atom stereocenters. The van der Waals surface area contributed by atoms with Gasteiger partial charge in [0.1, 0.15) is 10.6 Å². The summed E-state index contributed by atoms with van der Waals surface area (Å²) in [6, 6.07) is 3.27. The SMILES string of the molecule is CC[C@@H](C)NC(=O)c1nn(C(C)(C)C)c(Oc2ccc([N+](=O)[O-])cc2S(=O)(=O)NC(C)(C)C)c1C. The van der Waals surface area contributed by atoms with Crippen LogP contribution >= 0.6 is 0 Å². The number of sulfonamides is 1. The molecule has 1 heterocycles.